The Kier molecular flexibility index (Phi) is 5.90. The van der Waals surface area contributed by atoms with Crippen LogP contribution in [-0.2, 0) is 0 Å². The zero-order chi connectivity index (χ0) is 17.7. The van der Waals surface area contributed by atoms with Crippen LogP contribution in [0.3, 0.4) is 0 Å². The second kappa shape index (κ2) is 7.90. The zero-order valence-electron chi connectivity index (χ0n) is 15.2. The molecule has 0 bridgehead atoms. The van der Waals surface area contributed by atoms with E-state index in [1.54, 1.807) is 11.0 Å². The second-order valence-corrected chi connectivity index (χ2v) is 6.19. The molecule has 1 aromatic carbocycles. The van der Waals surface area contributed by atoms with E-state index in [0.29, 0.717) is 11.6 Å². The van der Waals surface area contributed by atoms with Crippen LogP contribution in [0.1, 0.15) is 47.1 Å². The van der Waals surface area contributed by atoms with E-state index < -0.39 is 0 Å². The van der Waals surface area contributed by atoms with Gasteiger partial charge in [-0.1, -0.05) is 31.5 Å². The van der Waals surface area contributed by atoms with Gasteiger partial charge in [0.1, 0.15) is 5.69 Å². The monoisotopic (exact) mass is 326 g/mol. The number of nitrogens with zero attached hydrogens (tertiary/aromatic N) is 3. The van der Waals surface area contributed by atoms with Crippen molar-refractivity contribution < 1.29 is 4.79 Å². The fourth-order valence-electron chi connectivity index (χ4n) is 2.55. The minimum atomic E-state index is -0.0708. The summed E-state index contributed by atoms with van der Waals surface area (Å²) in [4.78, 5) is 23.1. The normalized spacial score (nSPS) is 10.5. The summed E-state index contributed by atoms with van der Waals surface area (Å²) in [6, 6.07) is 7.83. The van der Waals surface area contributed by atoms with E-state index in [0.717, 1.165) is 41.9 Å². The molecule has 0 aliphatic rings. The number of nitrogens with one attached hydrogen (secondary N) is 1. The molecule has 0 radical (unpaired) electrons. The first-order valence-corrected chi connectivity index (χ1v) is 8.36. The van der Waals surface area contributed by atoms with Gasteiger partial charge in [-0.2, -0.15) is 0 Å². The molecule has 0 saturated heterocycles. The van der Waals surface area contributed by atoms with Crippen molar-refractivity contribution in [1.29, 1.82) is 0 Å². The molecular weight excluding hydrogens is 300 g/mol. The van der Waals surface area contributed by atoms with Crippen LogP contribution in [0.2, 0.25) is 0 Å². The molecule has 0 aliphatic carbocycles. The minimum absolute atomic E-state index is 0.0708. The van der Waals surface area contributed by atoms with Crippen LogP contribution < -0.4 is 5.32 Å². The highest BCUT2D eigenvalue weighted by Crippen LogP contribution is 2.23. The zero-order valence-corrected chi connectivity index (χ0v) is 15.2. The lowest BCUT2D eigenvalue weighted by Gasteiger charge is -2.17. The summed E-state index contributed by atoms with van der Waals surface area (Å²) >= 11 is 0. The summed E-state index contributed by atoms with van der Waals surface area (Å²) < 4.78 is 0. The van der Waals surface area contributed by atoms with Gasteiger partial charge in [0.2, 0.25) is 5.95 Å². The predicted octanol–water partition coefficient (Wildman–Crippen LogP) is 4.02. The van der Waals surface area contributed by atoms with Crippen molar-refractivity contribution in [1.82, 2.24) is 14.9 Å². The van der Waals surface area contributed by atoms with Crippen molar-refractivity contribution >= 4 is 17.5 Å². The molecule has 2 rings (SSSR count). The molecule has 0 saturated carbocycles. The molecule has 128 valence electrons. The highest BCUT2D eigenvalue weighted by atomic mass is 16.2. The van der Waals surface area contributed by atoms with Crippen molar-refractivity contribution in [3.63, 3.8) is 0 Å². The molecule has 0 aliphatic heterocycles. The molecule has 2 aromatic rings. The Balaban J connectivity index is 2.27. The highest BCUT2D eigenvalue weighted by molar-refractivity contribution is 5.92. The van der Waals surface area contributed by atoms with Gasteiger partial charge in [0.25, 0.3) is 5.91 Å². The van der Waals surface area contributed by atoms with Crippen LogP contribution >= 0.6 is 0 Å². The van der Waals surface area contributed by atoms with Crippen molar-refractivity contribution in [2.24, 2.45) is 0 Å². The van der Waals surface area contributed by atoms with E-state index in [1.807, 2.05) is 46.0 Å². The van der Waals surface area contributed by atoms with E-state index in [4.69, 9.17) is 0 Å². The Morgan fingerprint density at radius 1 is 1.17 bits per heavy atom. The Morgan fingerprint density at radius 2 is 1.83 bits per heavy atom. The van der Waals surface area contributed by atoms with Crippen LogP contribution in [0.25, 0.3) is 0 Å². The van der Waals surface area contributed by atoms with Crippen LogP contribution in [0, 0.1) is 20.8 Å². The van der Waals surface area contributed by atoms with Gasteiger partial charge in [0.05, 0.1) is 0 Å². The second-order valence-electron chi connectivity index (χ2n) is 6.19. The number of carbonyl (C=O) groups excluding carboxylic acids is 1. The first-order valence-electron chi connectivity index (χ1n) is 8.36. The van der Waals surface area contributed by atoms with E-state index in [1.165, 1.54) is 0 Å². The van der Waals surface area contributed by atoms with E-state index in [9.17, 15) is 4.79 Å². The number of carbonyl (C=O) groups is 1. The smallest absolute Gasteiger partial charge is 0.272 e. The third kappa shape index (κ3) is 4.31. The Bertz CT molecular complexity index is 707. The first-order chi connectivity index (χ1) is 11.4. The van der Waals surface area contributed by atoms with E-state index in [-0.39, 0.29) is 5.91 Å². The summed E-state index contributed by atoms with van der Waals surface area (Å²) in [5, 5.41) is 3.27. The summed E-state index contributed by atoms with van der Waals surface area (Å²) in [6.45, 7) is 8.80. The quantitative estimate of drug-likeness (QED) is 0.871. The predicted molar refractivity (Wildman–Crippen MR) is 97.8 cm³/mol. The summed E-state index contributed by atoms with van der Waals surface area (Å²) in [5.41, 5.74) is 4.42. The topological polar surface area (TPSA) is 58.1 Å². The van der Waals surface area contributed by atoms with Gasteiger partial charge in [-0.15, -0.1) is 0 Å². The minimum Gasteiger partial charge on any atom is -0.340 e. The number of aryl methyl sites for hydroxylation is 3. The van der Waals surface area contributed by atoms with Crippen molar-refractivity contribution in [3.05, 3.63) is 46.8 Å². The molecule has 1 heterocycles. The maximum atomic E-state index is 12.5. The Labute approximate surface area is 144 Å². The molecule has 5 nitrogen and oxygen atoms in total. The number of hydrogen-bond donors (Lipinski definition) is 1. The van der Waals surface area contributed by atoms with Gasteiger partial charge in [0, 0.05) is 25.0 Å². The SMILES string of the molecule is CCCCN(C)C(=O)c1cc(C)nc(Nc2c(C)cccc2C)n1. The van der Waals surface area contributed by atoms with Crippen molar-refractivity contribution in [3.8, 4) is 0 Å². The third-order valence-electron chi connectivity index (χ3n) is 3.99. The van der Waals surface area contributed by atoms with Crippen molar-refractivity contribution in [2.45, 2.75) is 40.5 Å². The maximum absolute atomic E-state index is 12.5. The standard InChI is InChI=1S/C19H26N4O/c1-6-7-11-23(5)18(24)16-12-15(4)20-19(21-16)22-17-13(2)9-8-10-14(17)3/h8-10,12H,6-7,11H2,1-5H3,(H,20,21,22). The molecule has 0 fully saturated rings. The summed E-state index contributed by atoms with van der Waals surface area (Å²) in [6.07, 6.45) is 2.04. The summed E-state index contributed by atoms with van der Waals surface area (Å²) in [5.74, 6) is 0.387. The molecule has 0 atom stereocenters. The number of aromatic nitrogens is 2. The lowest BCUT2D eigenvalue weighted by atomic mass is 10.1. The van der Waals surface area contributed by atoms with Crippen LogP contribution in [0.5, 0.6) is 0 Å². The van der Waals surface area contributed by atoms with Crippen LogP contribution in [0.15, 0.2) is 24.3 Å². The largest absolute Gasteiger partial charge is 0.340 e. The van der Waals surface area contributed by atoms with Gasteiger partial charge >= 0.3 is 0 Å². The number of unbranched alkanes of at least 4 members (excludes halogenated alkanes) is 1. The Morgan fingerprint density at radius 3 is 2.46 bits per heavy atom. The number of hydrogen-bond acceptors (Lipinski definition) is 4. The first kappa shape index (κ1) is 17.9. The van der Waals surface area contributed by atoms with Crippen LogP contribution in [-0.4, -0.2) is 34.4 Å². The average molecular weight is 326 g/mol. The number of amides is 1. The number of para-hydroxylation sites is 1. The molecule has 5 heteroatoms. The van der Waals surface area contributed by atoms with Crippen LogP contribution in [0.4, 0.5) is 11.6 Å². The fraction of sp³-hybridized carbons (Fsp3) is 0.421. The van der Waals surface area contributed by atoms with E-state index >= 15 is 0 Å². The van der Waals surface area contributed by atoms with Gasteiger partial charge in [0.15, 0.2) is 0 Å². The van der Waals surface area contributed by atoms with Gasteiger partial charge in [-0.05, 0) is 44.4 Å². The molecule has 1 amide bonds. The fourth-order valence-corrected chi connectivity index (χ4v) is 2.55. The van der Waals surface area contributed by atoms with E-state index in [2.05, 4.69) is 22.2 Å². The Hall–Kier alpha value is -2.43. The number of benzene rings is 1. The lowest BCUT2D eigenvalue weighted by Crippen LogP contribution is -2.28. The average Bonchev–Trinajstić information content (AvgIpc) is 2.55. The number of rotatable bonds is 6. The maximum Gasteiger partial charge on any atom is 0.272 e. The van der Waals surface area contributed by atoms with Gasteiger partial charge < -0.3 is 10.2 Å². The molecule has 0 spiro atoms. The molecule has 0 unspecified atom stereocenters. The summed E-state index contributed by atoms with van der Waals surface area (Å²) in [7, 11) is 1.81. The third-order valence-corrected chi connectivity index (χ3v) is 3.99. The molecule has 1 aromatic heterocycles. The lowest BCUT2D eigenvalue weighted by molar-refractivity contribution is 0.0787. The van der Waals surface area contributed by atoms with Gasteiger partial charge in [-0.25, -0.2) is 9.97 Å². The van der Waals surface area contributed by atoms with Crippen molar-refractivity contribution in [2.75, 3.05) is 18.9 Å². The highest BCUT2D eigenvalue weighted by Gasteiger charge is 2.15. The molecular formula is C19H26N4O. The van der Waals surface area contributed by atoms with Gasteiger partial charge in [-0.3, -0.25) is 4.79 Å². The molecule has 1 N–H and O–H groups in total. The molecule has 24 heavy (non-hydrogen) atoms. The number of anilines is 2.